The molecule has 6 nitrogen and oxygen atoms in total. The number of benzene rings is 1. The lowest BCUT2D eigenvalue weighted by molar-refractivity contribution is 0.272. The van der Waals surface area contributed by atoms with Gasteiger partial charge in [-0.15, -0.1) is 0 Å². The number of nitrogens with zero attached hydrogens (tertiary/aromatic N) is 2. The smallest absolute Gasteiger partial charge is 0.258 e. The van der Waals surface area contributed by atoms with Gasteiger partial charge in [-0.2, -0.15) is 5.26 Å². The summed E-state index contributed by atoms with van der Waals surface area (Å²) < 4.78 is 7.81. The fraction of sp³-hybridized carbons (Fsp3) is 0.222. The maximum atomic E-state index is 13.1. The molecule has 0 amide bonds. The predicted molar refractivity (Wildman–Crippen MR) is 96.0 cm³/mol. The third-order valence-corrected chi connectivity index (χ3v) is 4.95. The lowest BCUT2D eigenvalue weighted by Crippen LogP contribution is -2.33. The van der Waals surface area contributed by atoms with Gasteiger partial charge in [0.25, 0.3) is 5.56 Å². The van der Waals surface area contributed by atoms with Gasteiger partial charge in [0, 0.05) is 22.8 Å². The highest BCUT2D eigenvalue weighted by Crippen LogP contribution is 2.42. The number of aliphatic hydroxyl groups is 1. The Kier molecular flexibility index (Phi) is 4.66. The average Bonchev–Trinajstić information content (AvgIpc) is 2.58. The number of aliphatic hydroxyl groups excluding tert-OH is 1. The molecular formula is C18H16BrN3O3. The standard InChI is InChI=1S/C18H16BrN3O3/c1-10-8-14-16(18(24)22(10)6-7-23)15(12(9-20)17(21)25-14)11-4-2-3-5-13(11)19/h2-5,8,15,23H,6-7,21H2,1H3. The number of fused-ring (bicyclic) bond motifs is 1. The number of pyridine rings is 1. The molecule has 128 valence electrons. The average molecular weight is 402 g/mol. The first kappa shape index (κ1) is 17.3. The molecule has 1 aromatic carbocycles. The number of ether oxygens (including phenoxy) is 1. The van der Waals surface area contributed by atoms with Gasteiger partial charge in [0.2, 0.25) is 5.88 Å². The van der Waals surface area contributed by atoms with E-state index < -0.39 is 5.92 Å². The zero-order valence-electron chi connectivity index (χ0n) is 13.5. The minimum absolute atomic E-state index is 0.00513. The lowest BCUT2D eigenvalue weighted by atomic mass is 9.84. The molecule has 1 unspecified atom stereocenters. The van der Waals surface area contributed by atoms with Crippen molar-refractivity contribution in [2.45, 2.75) is 19.4 Å². The van der Waals surface area contributed by atoms with Gasteiger partial charge in [-0.25, -0.2) is 0 Å². The van der Waals surface area contributed by atoms with E-state index in [9.17, 15) is 15.2 Å². The molecule has 0 fully saturated rings. The van der Waals surface area contributed by atoms with Crippen LogP contribution in [0.2, 0.25) is 0 Å². The van der Waals surface area contributed by atoms with Crippen molar-refractivity contribution in [1.82, 2.24) is 4.57 Å². The Hall–Kier alpha value is -2.56. The highest BCUT2D eigenvalue weighted by Gasteiger charge is 2.35. The van der Waals surface area contributed by atoms with E-state index in [4.69, 9.17) is 10.5 Å². The normalized spacial score (nSPS) is 16.2. The van der Waals surface area contributed by atoms with Gasteiger partial charge in [-0.1, -0.05) is 34.1 Å². The van der Waals surface area contributed by atoms with Crippen LogP contribution < -0.4 is 16.0 Å². The summed E-state index contributed by atoms with van der Waals surface area (Å²) >= 11 is 3.49. The van der Waals surface area contributed by atoms with Crippen molar-refractivity contribution in [1.29, 1.82) is 5.26 Å². The van der Waals surface area contributed by atoms with Gasteiger partial charge < -0.3 is 20.1 Å². The number of hydrogen-bond donors (Lipinski definition) is 2. The van der Waals surface area contributed by atoms with Crippen LogP contribution in [0.15, 0.2) is 51.1 Å². The number of halogens is 1. The van der Waals surface area contributed by atoms with Crippen LogP contribution >= 0.6 is 15.9 Å². The molecule has 0 aliphatic carbocycles. The highest BCUT2D eigenvalue weighted by atomic mass is 79.9. The summed E-state index contributed by atoms with van der Waals surface area (Å²) in [5.41, 5.74) is 7.59. The Morgan fingerprint density at radius 2 is 2.16 bits per heavy atom. The molecule has 1 aliphatic heterocycles. The molecule has 0 bridgehead atoms. The number of rotatable bonds is 3. The molecule has 1 aromatic heterocycles. The van der Waals surface area contributed by atoms with E-state index in [1.165, 1.54) is 4.57 Å². The SMILES string of the molecule is Cc1cc2c(c(=O)n1CCO)C(c1ccccc1Br)C(C#N)=C(N)O2. The monoisotopic (exact) mass is 401 g/mol. The van der Waals surface area contributed by atoms with Crippen molar-refractivity contribution in [2.75, 3.05) is 6.61 Å². The molecule has 7 heteroatoms. The summed E-state index contributed by atoms with van der Waals surface area (Å²) in [7, 11) is 0. The quantitative estimate of drug-likeness (QED) is 0.819. The molecule has 3 N–H and O–H groups in total. The molecule has 0 saturated carbocycles. The van der Waals surface area contributed by atoms with Crippen molar-refractivity contribution in [3.63, 3.8) is 0 Å². The zero-order chi connectivity index (χ0) is 18.1. The maximum absolute atomic E-state index is 13.1. The van der Waals surface area contributed by atoms with E-state index in [-0.39, 0.29) is 30.2 Å². The number of nitrogens with two attached hydrogens (primary N) is 1. The van der Waals surface area contributed by atoms with Crippen LogP contribution in [0.3, 0.4) is 0 Å². The number of aryl methyl sites for hydroxylation is 1. The number of nitriles is 1. The van der Waals surface area contributed by atoms with Gasteiger partial charge in [-0.3, -0.25) is 4.79 Å². The molecule has 0 saturated heterocycles. The van der Waals surface area contributed by atoms with Gasteiger partial charge in [0.1, 0.15) is 17.4 Å². The van der Waals surface area contributed by atoms with E-state index in [1.54, 1.807) is 13.0 Å². The van der Waals surface area contributed by atoms with Crippen molar-refractivity contribution in [3.8, 4) is 11.8 Å². The summed E-state index contributed by atoms with van der Waals surface area (Å²) in [4.78, 5) is 13.1. The molecule has 1 atom stereocenters. The Morgan fingerprint density at radius 3 is 2.80 bits per heavy atom. The van der Waals surface area contributed by atoms with E-state index >= 15 is 0 Å². The van der Waals surface area contributed by atoms with E-state index in [0.717, 1.165) is 10.0 Å². The predicted octanol–water partition coefficient (Wildman–Crippen LogP) is 2.13. The van der Waals surface area contributed by atoms with Gasteiger partial charge in [-0.05, 0) is 18.6 Å². The lowest BCUT2D eigenvalue weighted by Gasteiger charge is -2.27. The fourth-order valence-electron chi connectivity index (χ4n) is 3.08. The summed E-state index contributed by atoms with van der Waals surface area (Å²) in [5.74, 6) is -0.300. The topological polar surface area (TPSA) is 101 Å². The summed E-state index contributed by atoms with van der Waals surface area (Å²) in [6, 6.07) is 11.1. The van der Waals surface area contributed by atoms with Crippen molar-refractivity contribution in [3.05, 3.63) is 73.4 Å². The number of aromatic nitrogens is 1. The molecule has 25 heavy (non-hydrogen) atoms. The highest BCUT2D eigenvalue weighted by molar-refractivity contribution is 9.10. The second-order valence-electron chi connectivity index (χ2n) is 5.69. The molecule has 1 aliphatic rings. The summed E-state index contributed by atoms with van der Waals surface area (Å²) in [6.45, 7) is 1.76. The van der Waals surface area contributed by atoms with Crippen molar-refractivity contribution < 1.29 is 9.84 Å². The van der Waals surface area contributed by atoms with E-state index in [1.807, 2.05) is 24.3 Å². The molecule has 2 heterocycles. The van der Waals surface area contributed by atoms with Gasteiger partial charge >= 0.3 is 0 Å². The van der Waals surface area contributed by atoms with Crippen LogP contribution in [0.25, 0.3) is 0 Å². The minimum Gasteiger partial charge on any atom is -0.440 e. The van der Waals surface area contributed by atoms with Crippen molar-refractivity contribution in [2.24, 2.45) is 5.73 Å². The second-order valence-corrected chi connectivity index (χ2v) is 6.54. The molecule has 2 aromatic rings. The summed E-state index contributed by atoms with van der Waals surface area (Å²) in [6.07, 6.45) is 0. The Labute approximate surface area is 152 Å². The molecule has 0 spiro atoms. The van der Waals surface area contributed by atoms with Gasteiger partial charge in [0.15, 0.2) is 0 Å². The third kappa shape index (κ3) is 2.84. The van der Waals surface area contributed by atoms with Crippen LogP contribution in [0.5, 0.6) is 5.75 Å². The van der Waals surface area contributed by atoms with E-state index in [0.29, 0.717) is 17.0 Å². The number of allylic oxidation sites excluding steroid dienone is 1. The van der Waals surface area contributed by atoms with Crippen molar-refractivity contribution >= 4 is 15.9 Å². The zero-order valence-corrected chi connectivity index (χ0v) is 15.1. The molecule has 3 rings (SSSR count). The van der Waals surface area contributed by atoms with Crippen LogP contribution in [0.4, 0.5) is 0 Å². The van der Waals surface area contributed by atoms with E-state index in [2.05, 4.69) is 22.0 Å². The second kappa shape index (κ2) is 6.75. The Balaban J connectivity index is 2.35. The third-order valence-electron chi connectivity index (χ3n) is 4.23. The first-order chi connectivity index (χ1) is 12.0. The van der Waals surface area contributed by atoms with Crippen LogP contribution in [0.1, 0.15) is 22.7 Å². The Morgan fingerprint density at radius 1 is 1.44 bits per heavy atom. The Bertz CT molecular complexity index is 973. The maximum Gasteiger partial charge on any atom is 0.258 e. The van der Waals surface area contributed by atoms with Crippen LogP contribution in [-0.4, -0.2) is 16.3 Å². The fourth-order valence-corrected chi connectivity index (χ4v) is 3.60. The van der Waals surface area contributed by atoms with Crippen LogP contribution in [0, 0.1) is 18.3 Å². The first-order valence-electron chi connectivity index (χ1n) is 7.66. The first-order valence-corrected chi connectivity index (χ1v) is 8.46. The minimum atomic E-state index is -0.637. The molecular weight excluding hydrogens is 386 g/mol. The van der Waals surface area contributed by atoms with Gasteiger partial charge in [0.05, 0.1) is 18.1 Å². The summed E-state index contributed by atoms with van der Waals surface area (Å²) in [5, 5.41) is 18.9. The molecule has 0 radical (unpaired) electrons. The van der Waals surface area contributed by atoms with Crippen LogP contribution in [-0.2, 0) is 6.54 Å². The number of hydrogen-bond acceptors (Lipinski definition) is 5. The largest absolute Gasteiger partial charge is 0.440 e.